The van der Waals surface area contributed by atoms with E-state index < -0.39 is 0 Å². The van der Waals surface area contributed by atoms with Crippen molar-refractivity contribution in [3.63, 3.8) is 0 Å². The fourth-order valence-electron chi connectivity index (χ4n) is 2.40. The van der Waals surface area contributed by atoms with E-state index >= 15 is 0 Å². The number of benzene rings is 1. The van der Waals surface area contributed by atoms with E-state index in [4.69, 9.17) is 16.9 Å². The number of fused-ring (bicyclic) bond motifs is 1. The Labute approximate surface area is 137 Å². The van der Waals surface area contributed by atoms with Crippen LogP contribution in [0.25, 0.3) is 10.9 Å². The van der Waals surface area contributed by atoms with Gasteiger partial charge in [0.05, 0.1) is 11.2 Å². The van der Waals surface area contributed by atoms with E-state index in [0.29, 0.717) is 21.7 Å². The summed E-state index contributed by atoms with van der Waals surface area (Å²) in [7, 11) is 1.75. The average molecular weight is 329 g/mol. The van der Waals surface area contributed by atoms with Crippen LogP contribution in [0.5, 0.6) is 0 Å². The summed E-state index contributed by atoms with van der Waals surface area (Å²) >= 11 is 5.95. The third-order valence-electron chi connectivity index (χ3n) is 3.38. The molecule has 0 aliphatic carbocycles. The Kier molecular flexibility index (Phi) is 3.76. The molecule has 0 aliphatic rings. The number of halogens is 1. The Balaban J connectivity index is 1.88. The van der Waals surface area contributed by atoms with Crippen molar-refractivity contribution >= 4 is 34.2 Å². The zero-order valence-electron chi connectivity index (χ0n) is 12.5. The predicted molar refractivity (Wildman–Crippen MR) is 86.0 cm³/mol. The first-order chi connectivity index (χ1) is 11.0. The Morgan fingerprint density at radius 2 is 2.17 bits per heavy atom. The quantitative estimate of drug-likeness (QED) is 0.798. The predicted octanol–water partition coefficient (Wildman–Crippen LogP) is 2.24. The van der Waals surface area contributed by atoms with E-state index in [9.17, 15) is 4.79 Å². The van der Waals surface area contributed by atoms with Crippen LogP contribution in [0.1, 0.15) is 11.4 Å². The van der Waals surface area contributed by atoms with Gasteiger partial charge in [-0.05, 0) is 25.1 Å². The number of hydrogen-bond acceptors (Lipinski definition) is 4. The van der Waals surface area contributed by atoms with Gasteiger partial charge in [-0.15, -0.1) is 0 Å². The van der Waals surface area contributed by atoms with Crippen LogP contribution in [0.4, 0.5) is 5.82 Å². The molecule has 1 N–H and O–H groups in total. The third-order valence-corrected chi connectivity index (χ3v) is 3.62. The van der Waals surface area contributed by atoms with Crippen LogP contribution in [0.2, 0.25) is 5.02 Å². The monoisotopic (exact) mass is 328 g/mol. The molecule has 0 atom stereocenters. The summed E-state index contributed by atoms with van der Waals surface area (Å²) in [5.41, 5.74) is 1.74. The van der Waals surface area contributed by atoms with E-state index in [-0.39, 0.29) is 18.1 Å². The number of aryl methyl sites for hydroxylation is 2. The molecule has 2 aromatic heterocycles. The molecule has 0 aliphatic heterocycles. The summed E-state index contributed by atoms with van der Waals surface area (Å²) in [6, 6.07) is 8.90. The van der Waals surface area contributed by atoms with Crippen molar-refractivity contribution in [2.75, 3.05) is 5.32 Å². The van der Waals surface area contributed by atoms with Crippen LogP contribution in [0.15, 0.2) is 24.3 Å². The van der Waals surface area contributed by atoms with Gasteiger partial charge in [0.15, 0.2) is 5.69 Å². The summed E-state index contributed by atoms with van der Waals surface area (Å²) in [5, 5.41) is 21.4. The SMILES string of the molecule is Cc1cc(NC(=O)Cn2nc(C#N)c3cc(Cl)ccc32)n(C)n1. The normalized spacial score (nSPS) is 10.7. The van der Waals surface area contributed by atoms with Gasteiger partial charge >= 0.3 is 0 Å². The number of carbonyl (C=O) groups is 1. The number of nitrogens with zero attached hydrogens (tertiary/aromatic N) is 5. The van der Waals surface area contributed by atoms with Crippen molar-refractivity contribution in [1.29, 1.82) is 5.26 Å². The summed E-state index contributed by atoms with van der Waals surface area (Å²) in [6.07, 6.45) is 0. The number of nitriles is 1. The maximum absolute atomic E-state index is 12.2. The zero-order chi connectivity index (χ0) is 16.6. The van der Waals surface area contributed by atoms with E-state index in [0.717, 1.165) is 5.69 Å². The van der Waals surface area contributed by atoms with Gasteiger partial charge in [0.25, 0.3) is 0 Å². The molecular formula is C15H13ClN6O. The van der Waals surface area contributed by atoms with Crippen LogP contribution < -0.4 is 5.32 Å². The molecule has 3 aromatic rings. The zero-order valence-corrected chi connectivity index (χ0v) is 13.3. The first-order valence-electron chi connectivity index (χ1n) is 6.84. The first-order valence-corrected chi connectivity index (χ1v) is 7.22. The number of hydrogen-bond donors (Lipinski definition) is 1. The Morgan fingerprint density at radius 1 is 1.39 bits per heavy atom. The molecular weight excluding hydrogens is 316 g/mol. The lowest BCUT2D eigenvalue weighted by Crippen LogP contribution is -2.21. The van der Waals surface area contributed by atoms with E-state index in [1.807, 2.05) is 13.0 Å². The van der Waals surface area contributed by atoms with Gasteiger partial charge < -0.3 is 5.32 Å². The minimum absolute atomic E-state index is 0.00988. The smallest absolute Gasteiger partial charge is 0.247 e. The number of anilines is 1. The van der Waals surface area contributed by atoms with Crippen LogP contribution in [-0.4, -0.2) is 25.5 Å². The van der Waals surface area contributed by atoms with Crippen molar-refractivity contribution in [2.24, 2.45) is 7.05 Å². The van der Waals surface area contributed by atoms with Gasteiger partial charge in [-0.1, -0.05) is 11.6 Å². The molecule has 0 saturated heterocycles. The van der Waals surface area contributed by atoms with Crippen LogP contribution in [-0.2, 0) is 18.4 Å². The maximum atomic E-state index is 12.2. The standard InChI is InChI=1S/C15H13ClN6O/c1-9-5-14(21(2)19-9)18-15(23)8-22-13-4-3-10(16)6-11(13)12(7-17)20-22/h3-6H,8H2,1-2H3,(H,18,23). The van der Waals surface area contributed by atoms with Gasteiger partial charge in [-0.2, -0.15) is 15.5 Å². The molecule has 116 valence electrons. The minimum atomic E-state index is -0.253. The van der Waals surface area contributed by atoms with Crippen molar-refractivity contribution in [3.05, 3.63) is 40.7 Å². The lowest BCUT2D eigenvalue weighted by atomic mass is 10.2. The molecule has 3 rings (SSSR count). The first kappa shape index (κ1) is 15.1. The summed E-state index contributed by atoms with van der Waals surface area (Å²) in [5.74, 6) is 0.351. The van der Waals surface area contributed by atoms with Crippen LogP contribution >= 0.6 is 11.6 Å². The number of nitrogens with one attached hydrogen (secondary N) is 1. The van der Waals surface area contributed by atoms with Crippen molar-refractivity contribution in [1.82, 2.24) is 19.6 Å². The van der Waals surface area contributed by atoms with Gasteiger partial charge in [0.2, 0.25) is 5.91 Å². The molecule has 7 nitrogen and oxygen atoms in total. The summed E-state index contributed by atoms with van der Waals surface area (Å²) in [4.78, 5) is 12.2. The van der Waals surface area contributed by atoms with Crippen molar-refractivity contribution < 1.29 is 4.79 Å². The second kappa shape index (κ2) is 5.74. The number of aromatic nitrogens is 4. The van der Waals surface area contributed by atoms with Crippen molar-refractivity contribution in [2.45, 2.75) is 13.5 Å². The molecule has 1 amide bonds. The molecule has 0 saturated carbocycles. The molecule has 0 radical (unpaired) electrons. The van der Waals surface area contributed by atoms with Gasteiger partial charge in [0.1, 0.15) is 18.4 Å². The second-order valence-electron chi connectivity index (χ2n) is 5.12. The van der Waals surface area contributed by atoms with Gasteiger partial charge in [-0.3, -0.25) is 14.2 Å². The molecule has 0 unspecified atom stereocenters. The molecule has 8 heteroatoms. The third kappa shape index (κ3) is 2.89. The highest BCUT2D eigenvalue weighted by atomic mass is 35.5. The van der Waals surface area contributed by atoms with Gasteiger partial charge in [-0.25, -0.2) is 0 Å². The molecule has 0 fully saturated rings. The number of carbonyl (C=O) groups excluding carboxylic acids is 1. The highest BCUT2D eigenvalue weighted by molar-refractivity contribution is 6.31. The summed E-state index contributed by atoms with van der Waals surface area (Å²) in [6.45, 7) is 1.84. The lowest BCUT2D eigenvalue weighted by molar-refractivity contribution is -0.116. The molecule has 23 heavy (non-hydrogen) atoms. The fourth-order valence-corrected chi connectivity index (χ4v) is 2.57. The molecule has 2 heterocycles. The molecule has 1 aromatic carbocycles. The Hall–Kier alpha value is -2.85. The molecule has 0 bridgehead atoms. The van der Waals surface area contributed by atoms with E-state index in [1.165, 1.54) is 4.68 Å². The highest BCUT2D eigenvalue weighted by Crippen LogP contribution is 2.22. The topological polar surface area (TPSA) is 88.5 Å². The Bertz CT molecular complexity index is 949. The van der Waals surface area contributed by atoms with Crippen molar-refractivity contribution in [3.8, 4) is 6.07 Å². The van der Waals surface area contributed by atoms with Crippen LogP contribution in [0, 0.1) is 18.3 Å². The number of amides is 1. The highest BCUT2D eigenvalue weighted by Gasteiger charge is 2.14. The second-order valence-corrected chi connectivity index (χ2v) is 5.56. The molecule has 0 spiro atoms. The maximum Gasteiger partial charge on any atom is 0.247 e. The average Bonchev–Trinajstić information content (AvgIpc) is 2.98. The van der Waals surface area contributed by atoms with Crippen LogP contribution in [0.3, 0.4) is 0 Å². The summed E-state index contributed by atoms with van der Waals surface area (Å²) < 4.78 is 3.08. The van der Waals surface area contributed by atoms with Gasteiger partial charge in [0, 0.05) is 23.5 Å². The lowest BCUT2D eigenvalue weighted by Gasteiger charge is -2.06. The Morgan fingerprint density at radius 3 is 2.83 bits per heavy atom. The minimum Gasteiger partial charge on any atom is -0.309 e. The van der Waals surface area contributed by atoms with E-state index in [1.54, 1.807) is 36.0 Å². The number of rotatable bonds is 3. The largest absolute Gasteiger partial charge is 0.309 e. The fraction of sp³-hybridized carbons (Fsp3) is 0.200. The van der Waals surface area contributed by atoms with E-state index in [2.05, 4.69) is 15.5 Å².